The molecule has 11 aromatic carbocycles. The molecule has 6 atom stereocenters. The van der Waals surface area contributed by atoms with Gasteiger partial charge in [0, 0.05) is 23.0 Å². The zero-order valence-corrected chi connectivity index (χ0v) is 89.3. The second kappa shape index (κ2) is 44.6. The van der Waals surface area contributed by atoms with E-state index in [1.54, 1.807) is 22.3 Å². The minimum Gasteiger partial charge on any atom is -0.493 e. The molecule has 0 aromatic heterocycles. The first-order valence-corrected chi connectivity index (χ1v) is 52.6. The van der Waals surface area contributed by atoms with Crippen molar-refractivity contribution < 1.29 is 14.3 Å². The highest BCUT2D eigenvalue weighted by Gasteiger charge is 2.55. The molecule has 0 saturated heterocycles. The van der Waals surface area contributed by atoms with Crippen LogP contribution in [-0.2, 0) is 73.8 Å². The number of Topliss-reactive ketones (excluding diaryl/α,β-unsaturated/α-hetero) is 1. The van der Waals surface area contributed by atoms with Crippen LogP contribution in [0, 0.1) is 29.1 Å². The topological polar surface area (TPSA) is 43.4 Å². The molecule has 3 nitrogen and oxygen atoms in total. The molecule has 11 aromatic rings. The molecule has 0 aliphatic heterocycles. The second-order valence-electron chi connectivity index (χ2n) is 49.6. The van der Waals surface area contributed by atoms with E-state index >= 15 is 0 Å². The van der Waals surface area contributed by atoms with E-state index in [1.807, 2.05) is 60.7 Å². The van der Waals surface area contributed by atoms with Crippen LogP contribution >= 0.6 is 0 Å². The van der Waals surface area contributed by atoms with E-state index in [1.165, 1.54) is 184 Å². The van der Waals surface area contributed by atoms with Crippen molar-refractivity contribution in [2.24, 2.45) is 29.1 Å². The Balaban J connectivity index is 0.000000141. The number of ketones is 2. The standard InChI is InChI=1S/C22H30O.C19H28O.C17H18O.C17H18.C16H24.C16H18.C13H16.C13H20/c1-21(2,3)15-6-8-16-14(13-15)5-7-18-17(16)11-12-22(4)19(18)9-10-20(22)23;1-5-14-10-16(14)17-11-15(19(2,3)4)8-9-18(17)20-12-13-6-7-13;1-17(2,3)15-11-9-14(10-12-15)16(18)13-7-5-4-6-8-13;1-17(2,3)14-8-9-16-13(11-14)10-12-6-4-5-7-15(12)16;1-16(2,3)15-12-8-7-11-14(15)13-9-5-4-6-10-13;1-16(2,3)15-11-9-14(10-12-15)13-7-5-4-6-8-13;1-13(2,3)12-8-7-10-5-4-6-11(10)9-12;1-5-6-11-7-9-12(10-8-11)13(2,3)4/h6,8,13,17-19H,5,7,9-12H2,1-4H3;8-9,11,13-14,16H,5-7,10,12H2,1-4H3;4-12H,1-3H3;4-9,11H,10H2,1-3H3;7-8,11-13H,4-6,9-10H2,1-3H3;4-12H,1-3H3;4,6-9H,5H2,1-3H3;7-10H,5-6H2,1-4H3/t17-,18-,19+,22+;14-,16-;;;;;;/m10....../s1. The molecule has 0 unspecified atom stereocenters. The zero-order chi connectivity index (χ0) is 98.5. The zero-order valence-electron chi connectivity index (χ0n) is 89.3. The van der Waals surface area contributed by atoms with Gasteiger partial charge in [-0.05, 0) is 291 Å². The maximum Gasteiger partial charge on any atom is 0.193 e. The van der Waals surface area contributed by atoms with Gasteiger partial charge in [0.1, 0.15) is 11.5 Å². The van der Waals surface area contributed by atoms with Gasteiger partial charge in [-0.3, -0.25) is 9.59 Å². The number of aryl methyl sites for hydroxylation is 2. The Kier molecular flexibility index (Phi) is 34.5. The van der Waals surface area contributed by atoms with Crippen molar-refractivity contribution in [3.8, 4) is 28.0 Å². The highest BCUT2D eigenvalue weighted by atomic mass is 16.5. The number of hydrogen-bond acceptors (Lipinski definition) is 3. The molecule has 722 valence electrons. The minimum atomic E-state index is 0.00399. The summed E-state index contributed by atoms with van der Waals surface area (Å²) in [6.07, 6.45) is 28.3. The average molecular weight is 1820 g/mol. The molecule has 5 saturated carbocycles. The van der Waals surface area contributed by atoms with Crippen LogP contribution in [0.5, 0.6) is 5.75 Å². The fourth-order valence-corrected chi connectivity index (χ4v) is 21.2. The summed E-state index contributed by atoms with van der Waals surface area (Å²) in [5.41, 5.74) is 33.7. The number of ether oxygens (including phenoxy) is 1. The monoisotopic (exact) mass is 1820 g/mol. The molecular weight excluding hydrogens is 1650 g/mol. The summed E-state index contributed by atoms with van der Waals surface area (Å²) in [4.78, 5) is 24.6. The van der Waals surface area contributed by atoms with Crippen molar-refractivity contribution in [2.75, 3.05) is 6.61 Å². The molecule has 3 heteroatoms. The van der Waals surface area contributed by atoms with Crippen LogP contribution in [0.1, 0.15) is 412 Å². The van der Waals surface area contributed by atoms with Gasteiger partial charge in [-0.1, -0.05) is 480 Å². The SMILES string of the molecule is CC(C)(C)c1ccc(-c2ccccc2)cc1.CC(C)(C)c1ccc(C(=O)c2ccccc2)cc1.CC(C)(C)c1ccc2c(c1)C=CC2.CC(C)(C)c1ccc2c(c1)CC[C@@H]1[C@@H]2CC[C@]2(C)C(=O)CC[C@@H]12.CC(C)(C)c1ccc2c(c1)Cc1ccccc1-2.CC(C)(C)c1ccccc1C1CCCCC1.CCCc1ccc(C(C)(C)C)cc1.CC[C@H]1C[C@@H]1c1cc(C(C)(C)C)ccc1OCC1CC1. The molecule has 19 rings (SSSR count). The first kappa shape index (κ1) is 105. The van der Waals surface area contributed by atoms with E-state index in [4.69, 9.17) is 4.74 Å². The van der Waals surface area contributed by atoms with E-state index in [2.05, 4.69) is 393 Å². The maximum atomic E-state index is 12.4. The Bertz CT molecular complexity index is 5740. The third kappa shape index (κ3) is 28.1. The maximum absolute atomic E-state index is 12.4. The van der Waals surface area contributed by atoms with Crippen molar-refractivity contribution in [1.82, 2.24) is 0 Å². The molecule has 5 fully saturated rings. The number of hydrogen-bond donors (Lipinski definition) is 0. The predicted octanol–water partition coefficient (Wildman–Crippen LogP) is 36.6. The van der Waals surface area contributed by atoms with Gasteiger partial charge in [0.05, 0.1) is 6.61 Å². The smallest absolute Gasteiger partial charge is 0.193 e. The average Bonchev–Trinajstić information content (AvgIpc) is 1.52. The Morgan fingerprint density at radius 2 is 0.882 bits per heavy atom. The van der Waals surface area contributed by atoms with E-state index in [-0.39, 0.29) is 54.5 Å². The van der Waals surface area contributed by atoms with Gasteiger partial charge >= 0.3 is 0 Å². The minimum absolute atomic E-state index is 0.00399. The Hall–Kier alpha value is -9.70. The lowest BCUT2D eigenvalue weighted by atomic mass is 9.55. The summed E-state index contributed by atoms with van der Waals surface area (Å²) >= 11 is 0. The molecular formula is C133H172O3. The fraction of sp³-hybridized carbons (Fsp3) is 0.474. The summed E-state index contributed by atoms with van der Waals surface area (Å²) in [6, 6.07) is 91.4. The first-order valence-electron chi connectivity index (χ1n) is 52.6. The molecule has 0 N–H and O–H groups in total. The lowest BCUT2D eigenvalue weighted by Gasteiger charge is -2.48. The number of benzene rings is 11. The predicted molar refractivity (Wildman–Crippen MR) is 586 cm³/mol. The van der Waals surface area contributed by atoms with Gasteiger partial charge in [0.25, 0.3) is 0 Å². The summed E-state index contributed by atoms with van der Waals surface area (Å²) < 4.78 is 6.12. The van der Waals surface area contributed by atoms with Crippen molar-refractivity contribution in [2.45, 2.75) is 370 Å². The molecule has 0 bridgehead atoms. The van der Waals surface area contributed by atoms with Crippen LogP contribution < -0.4 is 4.74 Å². The van der Waals surface area contributed by atoms with Gasteiger partial charge in [0.2, 0.25) is 0 Å². The van der Waals surface area contributed by atoms with Gasteiger partial charge in [-0.25, -0.2) is 0 Å². The summed E-state index contributed by atoms with van der Waals surface area (Å²) in [5, 5.41) is 0. The normalized spacial score (nSPS) is 19.1. The van der Waals surface area contributed by atoms with E-state index in [0.717, 1.165) is 85.2 Å². The lowest BCUT2D eigenvalue weighted by molar-refractivity contribution is -0.129. The number of rotatable bonds is 11. The summed E-state index contributed by atoms with van der Waals surface area (Å²) in [5.74, 6) is 7.16. The van der Waals surface area contributed by atoms with Gasteiger partial charge < -0.3 is 4.74 Å². The Morgan fingerprint density at radius 3 is 1.46 bits per heavy atom. The molecule has 136 heavy (non-hydrogen) atoms. The lowest BCUT2D eigenvalue weighted by Crippen LogP contribution is -2.42. The Labute approximate surface area is 826 Å². The van der Waals surface area contributed by atoms with Crippen LogP contribution in [0.25, 0.3) is 28.3 Å². The molecule has 8 aliphatic carbocycles. The first-order chi connectivity index (χ1) is 64.1. The Morgan fingerprint density at radius 1 is 0.390 bits per heavy atom. The van der Waals surface area contributed by atoms with Gasteiger partial charge in [0.15, 0.2) is 5.78 Å². The van der Waals surface area contributed by atoms with Crippen molar-refractivity contribution in [3.05, 3.63) is 367 Å². The van der Waals surface area contributed by atoms with Crippen LogP contribution in [0.3, 0.4) is 0 Å². The quantitative estimate of drug-likeness (QED) is 0.121. The largest absolute Gasteiger partial charge is 0.493 e. The summed E-state index contributed by atoms with van der Waals surface area (Å²) in [7, 11) is 0. The number of allylic oxidation sites excluding steroid dienone is 1. The highest BCUT2D eigenvalue weighted by Crippen LogP contribution is 2.60. The van der Waals surface area contributed by atoms with Crippen molar-refractivity contribution in [3.63, 3.8) is 0 Å². The van der Waals surface area contributed by atoms with Crippen LogP contribution in [0.2, 0.25) is 0 Å². The molecule has 8 aliphatic rings. The van der Waals surface area contributed by atoms with Gasteiger partial charge in [-0.15, -0.1) is 0 Å². The highest BCUT2D eigenvalue weighted by molar-refractivity contribution is 6.09. The van der Waals surface area contributed by atoms with Crippen molar-refractivity contribution in [1.29, 1.82) is 0 Å². The van der Waals surface area contributed by atoms with E-state index in [9.17, 15) is 9.59 Å². The van der Waals surface area contributed by atoms with Gasteiger partial charge in [-0.2, -0.15) is 0 Å². The van der Waals surface area contributed by atoms with Crippen molar-refractivity contribution >= 4 is 17.6 Å². The fourth-order valence-electron chi connectivity index (χ4n) is 21.2. The van der Waals surface area contributed by atoms with Crippen LogP contribution in [0.15, 0.2) is 261 Å². The third-order valence-corrected chi connectivity index (χ3v) is 30.6. The molecule has 0 amide bonds. The van der Waals surface area contributed by atoms with E-state index < -0.39 is 0 Å². The van der Waals surface area contributed by atoms with E-state index in [0.29, 0.717) is 17.6 Å². The summed E-state index contributed by atoms with van der Waals surface area (Å²) in [6.45, 7) is 62.1. The molecule has 0 heterocycles. The molecule has 0 spiro atoms. The second-order valence-corrected chi connectivity index (χ2v) is 49.6. The number of fused-ring (bicyclic) bond motifs is 9. The number of carbonyl (C=O) groups excluding carboxylic acids is 2. The number of carbonyl (C=O) groups is 2. The third-order valence-electron chi connectivity index (χ3n) is 30.6. The molecule has 0 radical (unpaired) electrons. The van der Waals surface area contributed by atoms with Crippen LogP contribution in [0.4, 0.5) is 0 Å². The van der Waals surface area contributed by atoms with Crippen LogP contribution in [-0.4, -0.2) is 18.2 Å².